The van der Waals surface area contributed by atoms with Gasteiger partial charge in [-0.2, -0.15) is 0 Å². The summed E-state index contributed by atoms with van der Waals surface area (Å²) < 4.78 is 7.39. The number of carbonyl (C=O) groups is 1. The van der Waals surface area contributed by atoms with Gasteiger partial charge in [-0.15, -0.1) is 0 Å². The first-order valence-corrected chi connectivity index (χ1v) is 12.1. The Balaban J connectivity index is 1.55. The third kappa shape index (κ3) is 4.10. The van der Waals surface area contributed by atoms with Crippen LogP contribution in [0.15, 0.2) is 87.2 Å². The highest BCUT2D eigenvalue weighted by Crippen LogP contribution is 2.28. The van der Waals surface area contributed by atoms with Crippen LogP contribution in [0.2, 0.25) is 0 Å². The molecule has 0 aliphatic heterocycles. The molecule has 34 heavy (non-hydrogen) atoms. The molecular formula is C27H23N3O3S. The summed E-state index contributed by atoms with van der Waals surface area (Å²) in [5.41, 5.74) is 4.63. The zero-order chi connectivity index (χ0) is 23.7. The minimum absolute atomic E-state index is 0.109. The third-order valence-electron chi connectivity index (χ3n) is 5.66. The molecule has 2 aromatic heterocycles. The number of rotatable bonds is 6. The first kappa shape index (κ1) is 22.0. The first-order valence-electron chi connectivity index (χ1n) is 11.1. The monoisotopic (exact) mass is 469 g/mol. The number of para-hydroxylation sites is 2. The molecule has 0 fully saturated rings. The molecule has 0 saturated heterocycles. The quantitative estimate of drug-likeness (QED) is 0.254. The van der Waals surface area contributed by atoms with Crippen LogP contribution in [0, 0.1) is 6.92 Å². The average molecular weight is 470 g/mol. The Bertz CT molecular complexity index is 1570. The largest absolute Gasteiger partial charge is 0.448 e. The van der Waals surface area contributed by atoms with E-state index in [0.717, 1.165) is 28.6 Å². The molecule has 0 spiro atoms. The van der Waals surface area contributed by atoms with E-state index in [9.17, 15) is 9.59 Å². The number of fused-ring (bicyclic) bond motifs is 3. The Morgan fingerprint density at radius 1 is 1.03 bits per heavy atom. The number of hydrogen-bond donors (Lipinski definition) is 1. The summed E-state index contributed by atoms with van der Waals surface area (Å²) in [6, 6.07) is 22.8. The molecule has 1 amide bonds. The number of thioether (sulfide) groups is 1. The van der Waals surface area contributed by atoms with Gasteiger partial charge in [0.2, 0.25) is 11.5 Å². The molecule has 7 heteroatoms. The van der Waals surface area contributed by atoms with Crippen LogP contribution in [0.25, 0.3) is 27.8 Å². The molecule has 0 bridgehead atoms. The third-order valence-corrected chi connectivity index (χ3v) is 6.60. The van der Waals surface area contributed by atoms with Crippen LogP contribution < -0.4 is 10.9 Å². The molecule has 2 heterocycles. The van der Waals surface area contributed by atoms with Gasteiger partial charge >= 0.3 is 5.56 Å². The van der Waals surface area contributed by atoms with Crippen molar-refractivity contribution in [2.45, 2.75) is 25.4 Å². The van der Waals surface area contributed by atoms with Crippen LogP contribution in [0.1, 0.15) is 18.1 Å². The van der Waals surface area contributed by atoms with Crippen molar-refractivity contribution in [1.29, 1.82) is 0 Å². The number of nitrogens with zero attached hydrogens (tertiary/aromatic N) is 2. The Kier molecular flexibility index (Phi) is 5.94. The van der Waals surface area contributed by atoms with Crippen molar-refractivity contribution >= 4 is 45.4 Å². The number of hydrogen-bond acceptors (Lipinski definition) is 5. The predicted octanol–water partition coefficient (Wildman–Crippen LogP) is 5.73. The number of aromatic nitrogens is 2. The van der Waals surface area contributed by atoms with Gasteiger partial charge < -0.3 is 9.73 Å². The summed E-state index contributed by atoms with van der Waals surface area (Å²) in [6.45, 7) is 4.04. The second-order valence-corrected chi connectivity index (χ2v) is 8.94. The van der Waals surface area contributed by atoms with E-state index in [1.165, 1.54) is 16.3 Å². The topological polar surface area (TPSA) is 77.1 Å². The number of furan rings is 1. The minimum Gasteiger partial charge on any atom is -0.448 e. The summed E-state index contributed by atoms with van der Waals surface area (Å²) in [6.07, 6.45) is 0.822. The van der Waals surface area contributed by atoms with E-state index in [-0.39, 0.29) is 22.8 Å². The summed E-state index contributed by atoms with van der Waals surface area (Å²) in [5, 5.41) is 4.19. The van der Waals surface area contributed by atoms with Gasteiger partial charge in [0.1, 0.15) is 11.1 Å². The van der Waals surface area contributed by atoms with Crippen molar-refractivity contribution in [3.8, 4) is 5.69 Å². The summed E-state index contributed by atoms with van der Waals surface area (Å²) in [4.78, 5) is 31.1. The lowest BCUT2D eigenvalue weighted by molar-refractivity contribution is -0.113. The van der Waals surface area contributed by atoms with Crippen molar-refractivity contribution in [2.24, 2.45) is 0 Å². The summed E-state index contributed by atoms with van der Waals surface area (Å²) >= 11 is 1.23. The molecule has 0 saturated carbocycles. The molecule has 5 aromatic rings. The SMILES string of the molecule is CCc1ccccc1NC(=O)CSc1nc2c(oc3ccccc32)c(=O)n1-c1ccc(C)cc1. The van der Waals surface area contributed by atoms with Crippen molar-refractivity contribution in [3.63, 3.8) is 0 Å². The van der Waals surface area contributed by atoms with Gasteiger partial charge in [0.05, 0.1) is 11.4 Å². The molecular weight excluding hydrogens is 446 g/mol. The van der Waals surface area contributed by atoms with Gasteiger partial charge in [-0.25, -0.2) is 4.98 Å². The molecule has 1 N–H and O–H groups in total. The molecule has 170 valence electrons. The van der Waals surface area contributed by atoms with E-state index in [2.05, 4.69) is 5.32 Å². The molecule has 3 aromatic carbocycles. The van der Waals surface area contributed by atoms with Gasteiger partial charge in [-0.05, 0) is 49.2 Å². The zero-order valence-corrected chi connectivity index (χ0v) is 19.7. The summed E-state index contributed by atoms with van der Waals surface area (Å²) in [5.74, 6) is -0.0507. The molecule has 6 nitrogen and oxygen atoms in total. The maximum absolute atomic E-state index is 13.5. The van der Waals surface area contributed by atoms with E-state index in [1.54, 1.807) is 0 Å². The highest BCUT2D eigenvalue weighted by molar-refractivity contribution is 7.99. The van der Waals surface area contributed by atoms with Crippen LogP contribution in [-0.4, -0.2) is 21.2 Å². The van der Waals surface area contributed by atoms with Crippen LogP contribution in [-0.2, 0) is 11.2 Å². The Morgan fingerprint density at radius 2 is 1.76 bits per heavy atom. The fraction of sp³-hybridized carbons (Fsp3) is 0.148. The van der Waals surface area contributed by atoms with Crippen LogP contribution >= 0.6 is 11.8 Å². The van der Waals surface area contributed by atoms with Gasteiger partial charge in [-0.3, -0.25) is 14.2 Å². The molecule has 0 aliphatic carbocycles. The van der Waals surface area contributed by atoms with Gasteiger partial charge in [-0.1, -0.05) is 66.7 Å². The Labute approximate surface area is 200 Å². The second kappa shape index (κ2) is 9.19. The molecule has 5 rings (SSSR count). The summed E-state index contributed by atoms with van der Waals surface area (Å²) in [7, 11) is 0. The lowest BCUT2D eigenvalue weighted by atomic mass is 10.1. The second-order valence-electron chi connectivity index (χ2n) is 7.99. The van der Waals surface area contributed by atoms with Gasteiger partial charge in [0.15, 0.2) is 5.16 Å². The van der Waals surface area contributed by atoms with Crippen molar-refractivity contribution in [3.05, 3.63) is 94.3 Å². The van der Waals surface area contributed by atoms with Gasteiger partial charge in [0, 0.05) is 11.1 Å². The van der Waals surface area contributed by atoms with Crippen LogP contribution in [0.3, 0.4) is 0 Å². The van der Waals surface area contributed by atoms with E-state index in [0.29, 0.717) is 21.9 Å². The lowest BCUT2D eigenvalue weighted by Gasteiger charge is -2.13. The number of amides is 1. The van der Waals surface area contributed by atoms with E-state index in [1.807, 2.05) is 86.6 Å². The maximum Gasteiger partial charge on any atom is 0.302 e. The highest BCUT2D eigenvalue weighted by atomic mass is 32.2. The first-order chi connectivity index (χ1) is 16.5. The number of anilines is 1. The van der Waals surface area contributed by atoms with Crippen molar-refractivity contribution in [2.75, 3.05) is 11.1 Å². The minimum atomic E-state index is -0.302. The van der Waals surface area contributed by atoms with E-state index >= 15 is 0 Å². The highest BCUT2D eigenvalue weighted by Gasteiger charge is 2.20. The maximum atomic E-state index is 13.5. The molecule has 0 atom stereocenters. The lowest BCUT2D eigenvalue weighted by Crippen LogP contribution is -2.22. The normalized spacial score (nSPS) is 11.2. The Hall–Kier alpha value is -3.84. The van der Waals surface area contributed by atoms with E-state index in [4.69, 9.17) is 9.40 Å². The van der Waals surface area contributed by atoms with Crippen molar-refractivity contribution in [1.82, 2.24) is 9.55 Å². The smallest absolute Gasteiger partial charge is 0.302 e. The van der Waals surface area contributed by atoms with E-state index < -0.39 is 0 Å². The fourth-order valence-electron chi connectivity index (χ4n) is 3.91. The Morgan fingerprint density at radius 3 is 2.56 bits per heavy atom. The molecule has 0 radical (unpaired) electrons. The number of nitrogens with one attached hydrogen (secondary N) is 1. The average Bonchev–Trinajstić information content (AvgIpc) is 3.23. The molecule has 0 unspecified atom stereocenters. The predicted molar refractivity (Wildman–Crippen MR) is 137 cm³/mol. The van der Waals surface area contributed by atoms with Crippen molar-refractivity contribution < 1.29 is 9.21 Å². The fourth-order valence-corrected chi connectivity index (χ4v) is 4.71. The number of carbonyl (C=O) groups excluding carboxylic acids is 1. The van der Waals surface area contributed by atoms with Crippen LogP contribution in [0.5, 0.6) is 0 Å². The molecule has 0 aliphatic rings. The number of benzene rings is 3. The standard InChI is InChI=1S/C27H23N3O3S/c1-3-18-8-4-6-10-21(18)28-23(31)16-34-27-29-24-20-9-5-7-11-22(20)33-25(24)26(32)30(27)19-14-12-17(2)13-15-19/h4-15H,3,16H2,1-2H3,(H,28,31). The number of aryl methyl sites for hydroxylation is 2. The van der Waals surface area contributed by atoms with Gasteiger partial charge in [0.25, 0.3) is 0 Å². The van der Waals surface area contributed by atoms with Crippen LogP contribution in [0.4, 0.5) is 5.69 Å². The zero-order valence-electron chi connectivity index (χ0n) is 18.9.